The molecule has 0 bridgehead atoms. The summed E-state index contributed by atoms with van der Waals surface area (Å²) >= 11 is 0.880. The highest BCUT2D eigenvalue weighted by molar-refractivity contribution is 8.14. The highest BCUT2D eigenvalue weighted by atomic mass is 32.2. The van der Waals surface area contributed by atoms with Gasteiger partial charge in [-0.05, 0) is 0 Å². The maximum Gasteiger partial charge on any atom is 0.265 e. The summed E-state index contributed by atoms with van der Waals surface area (Å²) < 4.78 is 28.3. The first-order valence-corrected chi connectivity index (χ1v) is 4.93. The zero-order chi connectivity index (χ0) is 8.20. The molecule has 0 atom stereocenters. The molecule has 0 aromatic rings. The van der Waals surface area contributed by atoms with Crippen LogP contribution in [0.1, 0.15) is 0 Å². The third-order valence-electron chi connectivity index (χ3n) is 0.599. The summed E-state index contributed by atoms with van der Waals surface area (Å²) in [6, 6.07) is 0. The summed E-state index contributed by atoms with van der Waals surface area (Å²) in [5, 5.41) is 6.52. The zero-order valence-electron chi connectivity index (χ0n) is 5.07. The predicted molar refractivity (Wildman–Crippen MR) is 40.8 cm³/mol. The molecule has 5 nitrogen and oxygen atoms in total. The lowest BCUT2D eigenvalue weighted by atomic mass is 11.0. The Hall–Kier alpha value is -0.270. The van der Waals surface area contributed by atoms with Crippen LogP contribution in [0, 0.1) is 5.41 Å². The second-order valence-electron chi connectivity index (χ2n) is 1.50. The van der Waals surface area contributed by atoms with E-state index in [1.807, 2.05) is 0 Å². The molecule has 0 rings (SSSR count). The van der Waals surface area contributed by atoms with Gasteiger partial charge < -0.3 is 5.73 Å². The number of thioether (sulfide) groups is 1. The summed E-state index contributed by atoms with van der Waals surface area (Å²) in [5.41, 5.74) is 4.89. The molecular formula is C3H8N2O3S2. The van der Waals surface area contributed by atoms with E-state index in [0.29, 0.717) is 0 Å². The molecule has 0 heterocycles. The molecule has 0 amide bonds. The molecule has 0 unspecified atom stereocenters. The summed E-state index contributed by atoms with van der Waals surface area (Å²) in [6.07, 6.45) is 0. The minimum absolute atomic E-state index is 0.119. The Morgan fingerprint density at radius 1 is 1.70 bits per heavy atom. The van der Waals surface area contributed by atoms with Crippen LogP contribution in [0.4, 0.5) is 0 Å². The fourth-order valence-corrected chi connectivity index (χ4v) is 1.65. The van der Waals surface area contributed by atoms with Crippen LogP contribution in [-0.2, 0) is 10.1 Å². The van der Waals surface area contributed by atoms with E-state index in [2.05, 4.69) is 0 Å². The van der Waals surface area contributed by atoms with Gasteiger partial charge in [0.15, 0.2) is 5.17 Å². The molecule has 0 aliphatic heterocycles. The quantitative estimate of drug-likeness (QED) is 0.313. The fourth-order valence-electron chi connectivity index (χ4n) is 0.257. The van der Waals surface area contributed by atoms with Crippen LogP contribution in [0.2, 0.25) is 0 Å². The van der Waals surface area contributed by atoms with E-state index in [1.165, 1.54) is 0 Å². The monoisotopic (exact) mass is 186 g/mol. The van der Waals surface area contributed by atoms with E-state index in [1.54, 1.807) is 0 Å². The van der Waals surface area contributed by atoms with Gasteiger partial charge in [0.25, 0.3) is 10.1 Å². The molecule has 0 aliphatic rings. The van der Waals surface area contributed by atoms with Gasteiger partial charge >= 0.3 is 0 Å². The molecule has 0 spiro atoms. The van der Waals surface area contributed by atoms with E-state index in [4.69, 9.17) is 15.7 Å². The third kappa shape index (κ3) is 7.73. The summed E-state index contributed by atoms with van der Waals surface area (Å²) in [7, 11) is -3.89. The molecule has 0 radical (unpaired) electrons. The van der Waals surface area contributed by atoms with Crippen LogP contribution in [-0.4, -0.2) is 29.6 Å². The molecule has 4 N–H and O–H groups in total. The normalized spacial score (nSPS) is 11.3. The number of amidine groups is 1. The van der Waals surface area contributed by atoms with Crippen molar-refractivity contribution in [2.45, 2.75) is 0 Å². The fraction of sp³-hybridized carbons (Fsp3) is 0.667. The maximum absolute atomic E-state index is 10.0. The van der Waals surface area contributed by atoms with Crippen molar-refractivity contribution in [1.29, 1.82) is 5.41 Å². The van der Waals surface area contributed by atoms with Gasteiger partial charge in [-0.1, -0.05) is 11.8 Å². The first kappa shape index (κ1) is 9.73. The van der Waals surface area contributed by atoms with Gasteiger partial charge in [0.05, 0.1) is 5.75 Å². The molecule has 0 aliphatic carbocycles. The highest BCUT2D eigenvalue weighted by Gasteiger charge is 2.03. The van der Waals surface area contributed by atoms with Crippen molar-refractivity contribution in [3.8, 4) is 0 Å². The number of hydrogen-bond acceptors (Lipinski definition) is 4. The predicted octanol–water partition coefficient (Wildman–Crippen LogP) is -0.499. The Kier molecular flexibility index (Phi) is 3.69. The van der Waals surface area contributed by atoms with E-state index in [-0.39, 0.29) is 16.7 Å². The lowest BCUT2D eigenvalue weighted by molar-refractivity contribution is 0.485. The second-order valence-corrected chi connectivity index (χ2v) is 4.21. The summed E-state index contributed by atoms with van der Waals surface area (Å²) in [5.74, 6) is -0.245. The maximum atomic E-state index is 10.0. The molecule has 0 fully saturated rings. The minimum Gasteiger partial charge on any atom is -0.379 e. The van der Waals surface area contributed by atoms with Crippen molar-refractivity contribution in [3.05, 3.63) is 0 Å². The van der Waals surface area contributed by atoms with Crippen LogP contribution < -0.4 is 5.73 Å². The van der Waals surface area contributed by atoms with Gasteiger partial charge in [-0.3, -0.25) is 9.96 Å². The molecule has 0 aromatic carbocycles. The van der Waals surface area contributed by atoms with Crippen molar-refractivity contribution in [2.24, 2.45) is 5.73 Å². The number of nitrogens with one attached hydrogen (secondary N) is 1. The van der Waals surface area contributed by atoms with Gasteiger partial charge in [-0.25, -0.2) is 0 Å². The zero-order valence-corrected chi connectivity index (χ0v) is 6.70. The molecule has 7 heteroatoms. The first-order chi connectivity index (χ1) is 4.42. The summed E-state index contributed by atoms with van der Waals surface area (Å²) in [4.78, 5) is 0. The average Bonchev–Trinajstić information content (AvgIpc) is 1.59. The number of rotatable bonds is 3. The topological polar surface area (TPSA) is 104 Å². The van der Waals surface area contributed by atoms with Crippen molar-refractivity contribution in [2.75, 3.05) is 11.5 Å². The number of hydrogen-bond donors (Lipinski definition) is 3. The van der Waals surface area contributed by atoms with E-state index in [0.717, 1.165) is 11.8 Å². The van der Waals surface area contributed by atoms with Crippen molar-refractivity contribution in [3.63, 3.8) is 0 Å². The molecular weight excluding hydrogens is 178 g/mol. The Balaban J connectivity index is 3.49. The van der Waals surface area contributed by atoms with Gasteiger partial charge in [0, 0.05) is 5.75 Å². The van der Waals surface area contributed by atoms with Crippen molar-refractivity contribution < 1.29 is 13.0 Å². The largest absolute Gasteiger partial charge is 0.379 e. The Morgan fingerprint density at radius 2 is 2.20 bits per heavy atom. The first-order valence-electron chi connectivity index (χ1n) is 2.34. The van der Waals surface area contributed by atoms with Crippen LogP contribution >= 0.6 is 11.8 Å². The molecule has 0 saturated heterocycles. The van der Waals surface area contributed by atoms with E-state index < -0.39 is 10.1 Å². The van der Waals surface area contributed by atoms with Gasteiger partial charge in [-0.15, -0.1) is 0 Å². The highest BCUT2D eigenvalue weighted by Crippen LogP contribution is 1.98. The Bertz CT molecular complexity index is 210. The minimum atomic E-state index is -3.89. The molecule has 60 valence electrons. The standard InChI is InChI=1S/C3H8N2O3S2/c4-3(5)9-1-2-10(6,7)8/h1-2H2,(H3,4,5)(H,6,7,8)/i3+2. The molecule has 10 heavy (non-hydrogen) atoms. The third-order valence-corrected chi connectivity index (χ3v) is 2.30. The Labute approximate surface area is 63.2 Å². The van der Waals surface area contributed by atoms with E-state index in [9.17, 15) is 8.42 Å². The van der Waals surface area contributed by atoms with Crippen molar-refractivity contribution >= 4 is 27.0 Å². The van der Waals surface area contributed by atoms with Crippen LogP contribution in [0.15, 0.2) is 0 Å². The SMILES string of the molecule is N=[14C](N)SCCS(=O)(=O)O. The molecule has 0 aromatic heterocycles. The lowest BCUT2D eigenvalue weighted by Crippen LogP contribution is -2.10. The van der Waals surface area contributed by atoms with Crippen LogP contribution in [0.5, 0.6) is 0 Å². The van der Waals surface area contributed by atoms with Gasteiger partial charge in [-0.2, -0.15) is 8.42 Å². The van der Waals surface area contributed by atoms with Crippen LogP contribution in [0.3, 0.4) is 0 Å². The average molecular weight is 186 g/mol. The van der Waals surface area contributed by atoms with E-state index >= 15 is 0 Å². The molecule has 0 saturated carbocycles. The number of nitrogens with two attached hydrogens (primary N) is 1. The van der Waals surface area contributed by atoms with Crippen LogP contribution in [0.25, 0.3) is 0 Å². The second kappa shape index (κ2) is 3.79. The lowest BCUT2D eigenvalue weighted by Gasteiger charge is -1.94. The van der Waals surface area contributed by atoms with Gasteiger partial charge in [0.2, 0.25) is 0 Å². The van der Waals surface area contributed by atoms with Gasteiger partial charge in [0.1, 0.15) is 0 Å². The summed E-state index contributed by atoms with van der Waals surface area (Å²) in [6.45, 7) is 0. The Morgan fingerprint density at radius 3 is 2.50 bits per heavy atom. The van der Waals surface area contributed by atoms with Crippen molar-refractivity contribution in [1.82, 2.24) is 0 Å². The smallest absolute Gasteiger partial charge is 0.265 e.